The van der Waals surface area contributed by atoms with E-state index >= 15 is 0 Å². The molecule has 2 atom stereocenters. The molecular formula is C21H24F3N5O5S. The number of sulfonamides is 1. The Morgan fingerprint density at radius 1 is 0.800 bits per heavy atom. The van der Waals surface area contributed by atoms with Gasteiger partial charge in [-0.3, -0.25) is 30.0 Å². The lowest BCUT2D eigenvalue weighted by atomic mass is 9.94. The van der Waals surface area contributed by atoms with E-state index in [1.807, 2.05) is 0 Å². The molecule has 0 aromatic heterocycles. The highest BCUT2D eigenvalue weighted by Crippen LogP contribution is 2.21. The molecule has 0 aliphatic heterocycles. The fourth-order valence-electron chi connectivity index (χ4n) is 2.69. The number of hydrazine groups is 1. The van der Waals surface area contributed by atoms with E-state index in [0.29, 0.717) is 5.69 Å². The van der Waals surface area contributed by atoms with E-state index in [1.165, 1.54) is 61.0 Å². The number of alkyl halides is 3. The highest BCUT2D eigenvalue weighted by molar-refractivity contribution is 7.92. The summed E-state index contributed by atoms with van der Waals surface area (Å²) < 4.78 is 64.1. The van der Waals surface area contributed by atoms with Crippen LogP contribution in [0.3, 0.4) is 0 Å². The molecular weight excluding hydrogens is 491 g/mol. The van der Waals surface area contributed by atoms with Crippen LogP contribution < -0.4 is 26.2 Å². The van der Waals surface area contributed by atoms with Crippen LogP contribution in [0.2, 0.25) is 0 Å². The van der Waals surface area contributed by atoms with Crippen LogP contribution in [-0.2, 0) is 24.4 Å². The number of rotatable bonds is 9. The molecule has 0 bridgehead atoms. The van der Waals surface area contributed by atoms with Crippen molar-refractivity contribution in [1.29, 1.82) is 0 Å². The van der Waals surface area contributed by atoms with Gasteiger partial charge >= 0.3 is 12.1 Å². The molecule has 3 amide bonds. The topological polar surface area (TPSA) is 146 Å². The maximum Gasteiger partial charge on any atom is 0.472 e. The largest absolute Gasteiger partial charge is 0.472 e. The molecule has 0 heterocycles. The van der Waals surface area contributed by atoms with Crippen LogP contribution in [0, 0.1) is 11.8 Å². The number of benzene rings is 2. The highest BCUT2D eigenvalue weighted by atomic mass is 32.2. The molecule has 2 aromatic carbocycles. The van der Waals surface area contributed by atoms with Gasteiger partial charge in [-0.05, 0) is 48.5 Å². The fourth-order valence-corrected chi connectivity index (χ4v) is 3.75. The quantitative estimate of drug-likeness (QED) is 0.325. The Balaban J connectivity index is 2.00. The van der Waals surface area contributed by atoms with Crippen molar-refractivity contribution < 1.29 is 36.0 Å². The van der Waals surface area contributed by atoms with Crippen molar-refractivity contribution in [1.82, 2.24) is 10.7 Å². The summed E-state index contributed by atoms with van der Waals surface area (Å²) in [5.74, 6) is -4.06. The van der Waals surface area contributed by atoms with E-state index in [4.69, 9.17) is 0 Å². The number of amides is 3. The van der Waals surface area contributed by atoms with Crippen LogP contribution in [0.1, 0.15) is 13.8 Å². The van der Waals surface area contributed by atoms with Crippen LogP contribution in [0.5, 0.6) is 0 Å². The van der Waals surface area contributed by atoms with Gasteiger partial charge in [-0.1, -0.05) is 13.8 Å². The molecule has 0 fully saturated rings. The average Bonchev–Trinajstić information content (AvgIpc) is 2.81. The first-order valence-electron chi connectivity index (χ1n) is 10.1. The van der Waals surface area contributed by atoms with Gasteiger partial charge in [0.2, 0.25) is 11.8 Å². The number of carbonyl (C=O) groups excluding carboxylic acids is 3. The summed E-state index contributed by atoms with van der Waals surface area (Å²) in [4.78, 5) is 34.8. The van der Waals surface area contributed by atoms with Gasteiger partial charge in [0.15, 0.2) is 0 Å². The monoisotopic (exact) mass is 515 g/mol. The van der Waals surface area contributed by atoms with Gasteiger partial charge in [0.05, 0.1) is 10.6 Å². The molecule has 0 radical (unpaired) electrons. The Hall–Kier alpha value is -3.81. The number of carbonyl (C=O) groups is 3. The Bertz CT molecular complexity index is 1170. The third-order valence-electron chi connectivity index (χ3n) is 4.97. The SMILES string of the molecule is CNC(=O)C(C)C(C)C(=O)Nc1ccc(S(=O)(=O)Nc2ccc(NNC(=O)C(F)(F)F)cc2)cc1. The Morgan fingerprint density at radius 2 is 1.29 bits per heavy atom. The predicted molar refractivity (Wildman–Crippen MR) is 123 cm³/mol. The molecule has 5 N–H and O–H groups in total. The van der Waals surface area contributed by atoms with Crippen molar-refractivity contribution >= 4 is 44.8 Å². The van der Waals surface area contributed by atoms with Crippen LogP contribution in [0.25, 0.3) is 0 Å². The molecule has 10 nitrogen and oxygen atoms in total. The second-order valence-electron chi connectivity index (χ2n) is 7.46. The molecule has 0 saturated heterocycles. The van der Waals surface area contributed by atoms with Gasteiger partial charge in [0.1, 0.15) is 0 Å². The normalized spacial score (nSPS) is 13.2. The first kappa shape index (κ1) is 27.4. The van der Waals surface area contributed by atoms with Crippen LogP contribution in [-0.4, -0.2) is 39.4 Å². The first-order valence-corrected chi connectivity index (χ1v) is 11.6. The number of hydrogen-bond acceptors (Lipinski definition) is 6. The summed E-state index contributed by atoms with van der Waals surface area (Å²) in [6, 6.07) is 10.4. The summed E-state index contributed by atoms with van der Waals surface area (Å²) in [6.07, 6.45) is -5.05. The summed E-state index contributed by atoms with van der Waals surface area (Å²) in [5.41, 5.74) is 4.08. The molecule has 2 rings (SSSR count). The van der Waals surface area contributed by atoms with Crippen molar-refractivity contribution in [2.45, 2.75) is 24.9 Å². The molecule has 190 valence electrons. The minimum absolute atomic E-state index is 0.0885. The number of nitrogens with one attached hydrogen (secondary N) is 5. The predicted octanol–water partition coefficient (Wildman–Crippen LogP) is 2.45. The third kappa shape index (κ3) is 7.60. The maximum absolute atomic E-state index is 12.6. The molecule has 2 aromatic rings. The molecule has 14 heteroatoms. The van der Waals surface area contributed by atoms with E-state index in [0.717, 1.165) is 0 Å². The first-order chi connectivity index (χ1) is 16.2. The molecule has 0 aliphatic carbocycles. The van der Waals surface area contributed by atoms with E-state index in [2.05, 4.69) is 20.8 Å². The van der Waals surface area contributed by atoms with E-state index in [1.54, 1.807) is 13.8 Å². The van der Waals surface area contributed by atoms with Crippen molar-refractivity contribution in [2.75, 3.05) is 22.5 Å². The van der Waals surface area contributed by atoms with Gasteiger partial charge in [-0.15, -0.1) is 0 Å². The Labute approximate surface area is 199 Å². The third-order valence-corrected chi connectivity index (χ3v) is 6.37. The maximum atomic E-state index is 12.6. The Kier molecular flexibility index (Phi) is 8.68. The average molecular weight is 516 g/mol. The Morgan fingerprint density at radius 3 is 1.80 bits per heavy atom. The second kappa shape index (κ2) is 11.1. The van der Waals surface area contributed by atoms with Crippen LogP contribution in [0.15, 0.2) is 53.4 Å². The van der Waals surface area contributed by atoms with E-state index < -0.39 is 39.8 Å². The highest BCUT2D eigenvalue weighted by Gasteiger charge is 2.38. The lowest BCUT2D eigenvalue weighted by Gasteiger charge is -2.18. The second-order valence-corrected chi connectivity index (χ2v) is 9.15. The fraction of sp³-hybridized carbons (Fsp3) is 0.286. The zero-order chi connectivity index (χ0) is 26.4. The van der Waals surface area contributed by atoms with E-state index in [9.17, 15) is 36.0 Å². The van der Waals surface area contributed by atoms with Crippen molar-refractivity contribution in [2.24, 2.45) is 11.8 Å². The summed E-state index contributed by atoms with van der Waals surface area (Å²) in [7, 11) is -2.54. The summed E-state index contributed by atoms with van der Waals surface area (Å²) in [5, 5.41) is 5.10. The van der Waals surface area contributed by atoms with Crippen LogP contribution in [0.4, 0.5) is 30.2 Å². The summed E-state index contributed by atoms with van der Waals surface area (Å²) >= 11 is 0. The smallest absolute Gasteiger partial charge is 0.359 e. The molecule has 35 heavy (non-hydrogen) atoms. The molecule has 0 spiro atoms. The minimum atomic E-state index is -5.05. The number of hydrogen-bond donors (Lipinski definition) is 5. The number of anilines is 3. The standard InChI is InChI=1S/C21H24F3N5O5S/c1-12(18(30)25-3)13(2)19(31)26-14-8-10-17(11-9-14)35(33,34)29-16-6-4-15(5-7-16)27-28-20(32)21(22,23)24/h4-13,27,29H,1-3H3,(H,25,30)(H,26,31)(H,28,32). The lowest BCUT2D eigenvalue weighted by Crippen LogP contribution is -2.40. The van der Waals surface area contributed by atoms with E-state index in [-0.39, 0.29) is 22.2 Å². The number of halogens is 3. The van der Waals surface area contributed by atoms with Crippen molar-refractivity contribution in [3.63, 3.8) is 0 Å². The van der Waals surface area contributed by atoms with Gasteiger partial charge in [0.25, 0.3) is 10.0 Å². The summed E-state index contributed by atoms with van der Waals surface area (Å²) in [6.45, 7) is 3.22. The lowest BCUT2D eigenvalue weighted by molar-refractivity contribution is -0.173. The van der Waals surface area contributed by atoms with Gasteiger partial charge < -0.3 is 10.6 Å². The van der Waals surface area contributed by atoms with Crippen LogP contribution >= 0.6 is 0 Å². The van der Waals surface area contributed by atoms with Gasteiger partial charge in [-0.25, -0.2) is 8.42 Å². The van der Waals surface area contributed by atoms with Gasteiger partial charge in [0, 0.05) is 30.3 Å². The van der Waals surface area contributed by atoms with Gasteiger partial charge in [-0.2, -0.15) is 13.2 Å². The van der Waals surface area contributed by atoms with Crippen molar-refractivity contribution in [3.8, 4) is 0 Å². The molecule has 2 unspecified atom stereocenters. The molecule has 0 saturated carbocycles. The molecule has 0 aliphatic rings. The van der Waals surface area contributed by atoms with Crippen molar-refractivity contribution in [3.05, 3.63) is 48.5 Å². The minimum Gasteiger partial charge on any atom is -0.359 e. The zero-order valence-electron chi connectivity index (χ0n) is 18.9. The zero-order valence-corrected chi connectivity index (χ0v) is 19.7.